The smallest absolute Gasteiger partial charge is 0.434 e. The fraction of sp³-hybridized carbons (Fsp3) is 0.556. The number of imidazole rings is 1. The third-order valence-electron chi connectivity index (χ3n) is 4.27. The number of piperidine rings is 1. The molecule has 7 nitrogen and oxygen atoms in total. The molecule has 154 valence electrons. The first-order chi connectivity index (χ1) is 13.0. The van der Waals surface area contributed by atoms with Gasteiger partial charge in [0.15, 0.2) is 5.69 Å². The summed E-state index contributed by atoms with van der Waals surface area (Å²) in [6.07, 6.45) is -2.56. The van der Waals surface area contributed by atoms with Crippen LogP contribution in [0.25, 0.3) is 5.65 Å². The van der Waals surface area contributed by atoms with E-state index in [0.29, 0.717) is 31.7 Å². The molecule has 28 heavy (non-hydrogen) atoms. The van der Waals surface area contributed by atoms with Crippen molar-refractivity contribution < 1.29 is 22.7 Å². The van der Waals surface area contributed by atoms with Gasteiger partial charge < -0.3 is 15.5 Å². The minimum atomic E-state index is -4.49. The zero-order chi connectivity index (χ0) is 20.5. The molecule has 1 amide bonds. The molecular formula is C18H24F3N5O2. The van der Waals surface area contributed by atoms with Crippen molar-refractivity contribution >= 4 is 17.6 Å². The summed E-state index contributed by atoms with van der Waals surface area (Å²) in [5.74, 6) is 0.499. The predicted octanol–water partition coefficient (Wildman–Crippen LogP) is 3.67. The maximum atomic E-state index is 12.9. The third-order valence-corrected chi connectivity index (χ3v) is 4.27. The van der Waals surface area contributed by atoms with E-state index in [9.17, 15) is 18.0 Å². The van der Waals surface area contributed by atoms with Gasteiger partial charge >= 0.3 is 12.3 Å². The van der Waals surface area contributed by atoms with Gasteiger partial charge in [-0.15, -0.1) is 0 Å². The van der Waals surface area contributed by atoms with E-state index in [2.05, 4.69) is 15.7 Å². The summed E-state index contributed by atoms with van der Waals surface area (Å²) >= 11 is 0. The minimum absolute atomic E-state index is 0.00577. The summed E-state index contributed by atoms with van der Waals surface area (Å²) in [6, 6.07) is 4.87. The molecule has 0 aliphatic carbocycles. The Morgan fingerprint density at radius 1 is 1.21 bits per heavy atom. The van der Waals surface area contributed by atoms with Crippen LogP contribution in [0, 0.1) is 0 Å². The van der Waals surface area contributed by atoms with Crippen LogP contribution in [0.5, 0.6) is 0 Å². The lowest BCUT2D eigenvalue weighted by Gasteiger charge is -2.33. The molecule has 2 aromatic rings. The number of anilines is 1. The van der Waals surface area contributed by atoms with Crippen molar-refractivity contribution in [3.63, 3.8) is 0 Å². The lowest BCUT2D eigenvalue weighted by Crippen LogP contribution is -2.47. The highest BCUT2D eigenvalue weighted by Gasteiger charge is 2.34. The Hall–Kier alpha value is -2.49. The molecule has 10 heteroatoms. The monoisotopic (exact) mass is 399 g/mol. The van der Waals surface area contributed by atoms with Gasteiger partial charge in [0.1, 0.15) is 17.1 Å². The summed E-state index contributed by atoms with van der Waals surface area (Å²) in [6.45, 7) is 6.66. The predicted molar refractivity (Wildman–Crippen MR) is 97.8 cm³/mol. The highest BCUT2D eigenvalue weighted by molar-refractivity contribution is 5.68. The summed E-state index contributed by atoms with van der Waals surface area (Å²) < 4.78 is 45.4. The number of nitrogens with one attached hydrogen (secondary N) is 2. The standard InChI is InChI=1S/C18H24F3N5O2/c1-17(2,3)28-16(27)22-12-7-9-25(10-8-12)24-15-6-4-5-14-23-13(11-26(14)15)18(19,20)21/h4-6,11-12,24H,7-10H2,1-3H3,(H,22,27). The van der Waals surface area contributed by atoms with Gasteiger partial charge in [0.25, 0.3) is 0 Å². The van der Waals surface area contributed by atoms with Crippen LogP contribution in [0.15, 0.2) is 24.4 Å². The molecule has 1 aliphatic heterocycles. The maximum absolute atomic E-state index is 12.9. The topological polar surface area (TPSA) is 70.9 Å². The van der Waals surface area contributed by atoms with Crippen molar-refractivity contribution in [2.24, 2.45) is 0 Å². The molecule has 2 N–H and O–H groups in total. The second kappa shape index (κ2) is 7.50. The number of carbonyl (C=O) groups excluding carboxylic acids is 1. The number of hydrogen-bond donors (Lipinski definition) is 2. The summed E-state index contributed by atoms with van der Waals surface area (Å²) in [7, 11) is 0. The number of carbonyl (C=O) groups is 1. The lowest BCUT2D eigenvalue weighted by molar-refractivity contribution is -0.140. The number of pyridine rings is 1. The summed E-state index contributed by atoms with van der Waals surface area (Å²) in [4.78, 5) is 15.5. The molecule has 0 atom stereocenters. The lowest BCUT2D eigenvalue weighted by atomic mass is 10.1. The highest BCUT2D eigenvalue weighted by Crippen LogP contribution is 2.29. The van der Waals surface area contributed by atoms with E-state index in [0.717, 1.165) is 6.20 Å². The first-order valence-electron chi connectivity index (χ1n) is 9.08. The van der Waals surface area contributed by atoms with Crippen molar-refractivity contribution in [2.45, 2.75) is 51.4 Å². The van der Waals surface area contributed by atoms with Gasteiger partial charge in [-0.3, -0.25) is 4.40 Å². The van der Waals surface area contributed by atoms with E-state index < -0.39 is 23.6 Å². The number of ether oxygens (including phenoxy) is 1. The number of halogens is 3. The zero-order valence-electron chi connectivity index (χ0n) is 16.0. The normalized spacial score (nSPS) is 16.9. The molecule has 0 unspecified atom stereocenters. The zero-order valence-corrected chi connectivity index (χ0v) is 16.0. The molecule has 0 bridgehead atoms. The van der Waals surface area contributed by atoms with Crippen molar-refractivity contribution in [3.8, 4) is 0 Å². The Kier molecular flexibility index (Phi) is 5.42. The van der Waals surface area contributed by atoms with E-state index in [1.165, 1.54) is 10.5 Å². The van der Waals surface area contributed by atoms with Gasteiger partial charge in [-0.25, -0.2) is 14.8 Å². The first kappa shape index (κ1) is 20.2. The van der Waals surface area contributed by atoms with Crippen molar-refractivity contribution in [1.82, 2.24) is 19.7 Å². The van der Waals surface area contributed by atoms with Crippen LogP contribution in [-0.4, -0.2) is 45.2 Å². The van der Waals surface area contributed by atoms with Gasteiger partial charge in [-0.1, -0.05) is 6.07 Å². The van der Waals surface area contributed by atoms with Crippen LogP contribution in [0.2, 0.25) is 0 Å². The molecule has 0 saturated carbocycles. The third kappa shape index (κ3) is 5.06. The van der Waals surface area contributed by atoms with E-state index in [1.807, 2.05) is 5.01 Å². The van der Waals surface area contributed by atoms with Crippen molar-refractivity contribution in [1.29, 1.82) is 0 Å². The van der Waals surface area contributed by atoms with Gasteiger partial charge in [0.05, 0.1) is 0 Å². The van der Waals surface area contributed by atoms with Gasteiger partial charge in [0.2, 0.25) is 0 Å². The SMILES string of the molecule is CC(C)(C)OC(=O)NC1CCN(Nc2cccc3nc(C(F)(F)F)cn23)CC1. The number of fused-ring (bicyclic) bond motifs is 1. The number of rotatable bonds is 3. The van der Waals surface area contributed by atoms with Gasteiger partial charge in [0, 0.05) is 25.3 Å². The molecule has 2 aromatic heterocycles. The number of nitrogens with zero attached hydrogens (tertiary/aromatic N) is 3. The van der Waals surface area contributed by atoms with E-state index in [-0.39, 0.29) is 11.7 Å². The number of alkyl halides is 3. The number of alkyl carbamates (subject to hydrolysis) is 1. The molecular weight excluding hydrogens is 375 g/mol. The molecule has 1 saturated heterocycles. The Balaban J connectivity index is 1.59. The molecule has 3 heterocycles. The summed E-state index contributed by atoms with van der Waals surface area (Å²) in [5.41, 5.74) is 1.89. The molecule has 1 fully saturated rings. The number of hydrogen-bond acceptors (Lipinski definition) is 5. The average Bonchev–Trinajstić information content (AvgIpc) is 3.00. The quantitative estimate of drug-likeness (QED) is 0.824. The maximum Gasteiger partial charge on any atom is 0.434 e. The molecule has 1 aliphatic rings. The summed E-state index contributed by atoms with van der Waals surface area (Å²) in [5, 5.41) is 4.77. The van der Waals surface area contributed by atoms with E-state index in [4.69, 9.17) is 4.74 Å². The number of amides is 1. The van der Waals surface area contributed by atoms with Crippen LogP contribution in [0.4, 0.5) is 23.8 Å². The van der Waals surface area contributed by atoms with Gasteiger partial charge in [-0.2, -0.15) is 13.2 Å². The fourth-order valence-corrected chi connectivity index (χ4v) is 3.01. The van der Waals surface area contributed by atoms with Crippen LogP contribution < -0.4 is 10.7 Å². The van der Waals surface area contributed by atoms with Crippen molar-refractivity contribution in [2.75, 3.05) is 18.5 Å². The van der Waals surface area contributed by atoms with E-state index >= 15 is 0 Å². The number of hydrazine groups is 1. The minimum Gasteiger partial charge on any atom is -0.444 e. The van der Waals surface area contributed by atoms with Crippen LogP contribution >= 0.6 is 0 Å². The van der Waals surface area contributed by atoms with Crippen LogP contribution in [0.1, 0.15) is 39.3 Å². The Bertz CT molecular complexity index is 836. The second-order valence-corrected chi connectivity index (χ2v) is 7.78. The van der Waals surface area contributed by atoms with Crippen molar-refractivity contribution in [3.05, 3.63) is 30.1 Å². The molecule has 3 rings (SSSR count). The second-order valence-electron chi connectivity index (χ2n) is 7.78. The number of aromatic nitrogens is 2. The molecule has 0 spiro atoms. The molecule has 0 radical (unpaired) electrons. The fourth-order valence-electron chi connectivity index (χ4n) is 3.01. The average molecular weight is 399 g/mol. The Morgan fingerprint density at radius 2 is 1.89 bits per heavy atom. The highest BCUT2D eigenvalue weighted by atomic mass is 19.4. The largest absolute Gasteiger partial charge is 0.444 e. The van der Waals surface area contributed by atoms with Crippen LogP contribution in [-0.2, 0) is 10.9 Å². The molecule has 0 aromatic carbocycles. The van der Waals surface area contributed by atoms with Gasteiger partial charge in [-0.05, 0) is 45.7 Å². The Morgan fingerprint density at radius 3 is 2.50 bits per heavy atom. The first-order valence-corrected chi connectivity index (χ1v) is 9.08. The van der Waals surface area contributed by atoms with Crippen LogP contribution in [0.3, 0.4) is 0 Å². The Labute approximate surface area is 160 Å². The van der Waals surface area contributed by atoms with E-state index in [1.54, 1.807) is 32.9 Å².